The van der Waals surface area contributed by atoms with E-state index in [2.05, 4.69) is 15.3 Å². The number of hydrogen-bond acceptors (Lipinski definition) is 6. The SMILES string of the molecule is O=C(Cc1csc(N2CCCC2=O)n1)Nc1ccc(Oc2ccncc2)cc1. The van der Waals surface area contributed by atoms with Gasteiger partial charge in [-0.3, -0.25) is 19.5 Å². The van der Waals surface area contributed by atoms with Crippen LogP contribution in [0.3, 0.4) is 0 Å². The molecule has 1 aliphatic rings. The van der Waals surface area contributed by atoms with Crippen LogP contribution in [0.1, 0.15) is 18.5 Å². The summed E-state index contributed by atoms with van der Waals surface area (Å²) in [5, 5.41) is 5.34. The average molecular weight is 394 g/mol. The second-order valence-corrected chi connectivity index (χ2v) is 7.14. The van der Waals surface area contributed by atoms with Crippen molar-refractivity contribution in [2.45, 2.75) is 19.3 Å². The summed E-state index contributed by atoms with van der Waals surface area (Å²) < 4.78 is 5.70. The van der Waals surface area contributed by atoms with E-state index in [0.717, 1.165) is 6.42 Å². The predicted octanol–water partition coefficient (Wildman–Crippen LogP) is 3.64. The predicted molar refractivity (Wildman–Crippen MR) is 107 cm³/mol. The molecule has 2 aromatic heterocycles. The van der Waals surface area contributed by atoms with E-state index in [1.54, 1.807) is 53.7 Å². The van der Waals surface area contributed by atoms with Gasteiger partial charge in [0.05, 0.1) is 12.1 Å². The van der Waals surface area contributed by atoms with Gasteiger partial charge in [0.2, 0.25) is 11.8 Å². The molecular weight excluding hydrogens is 376 g/mol. The summed E-state index contributed by atoms with van der Waals surface area (Å²) in [6.07, 6.45) is 4.90. The average Bonchev–Trinajstić information content (AvgIpc) is 3.33. The van der Waals surface area contributed by atoms with Crippen LogP contribution in [0.2, 0.25) is 0 Å². The van der Waals surface area contributed by atoms with Crippen LogP contribution < -0.4 is 15.0 Å². The van der Waals surface area contributed by atoms with Crippen LogP contribution in [-0.2, 0) is 16.0 Å². The van der Waals surface area contributed by atoms with Crippen LogP contribution in [0.5, 0.6) is 11.5 Å². The minimum absolute atomic E-state index is 0.0967. The smallest absolute Gasteiger partial charge is 0.230 e. The minimum Gasteiger partial charge on any atom is -0.457 e. The Morgan fingerprint density at radius 3 is 2.61 bits per heavy atom. The fourth-order valence-electron chi connectivity index (χ4n) is 2.87. The maximum absolute atomic E-state index is 12.3. The van der Waals surface area contributed by atoms with Gasteiger partial charge >= 0.3 is 0 Å². The van der Waals surface area contributed by atoms with Gasteiger partial charge in [0.1, 0.15) is 11.5 Å². The molecule has 0 unspecified atom stereocenters. The number of thiazole rings is 1. The Balaban J connectivity index is 1.32. The van der Waals surface area contributed by atoms with E-state index in [1.165, 1.54) is 11.3 Å². The van der Waals surface area contributed by atoms with Gasteiger partial charge in [-0.1, -0.05) is 0 Å². The molecule has 1 aromatic carbocycles. The fraction of sp³-hybridized carbons (Fsp3) is 0.200. The molecule has 0 spiro atoms. The molecule has 2 amide bonds. The van der Waals surface area contributed by atoms with Crippen LogP contribution in [0.25, 0.3) is 0 Å². The first-order chi connectivity index (χ1) is 13.7. The summed E-state index contributed by atoms with van der Waals surface area (Å²) in [6.45, 7) is 0.700. The fourth-order valence-corrected chi connectivity index (χ4v) is 3.74. The van der Waals surface area contributed by atoms with E-state index in [4.69, 9.17) is 4.74 Å². The van der Waals surface area contributed by atoms with Crippen LogP contribution >= 0.6 is 11.3 Å². The zero-order valence-corrected chi connectivity index (χ0v) is 15.8. The van der Waals surface area contributed by atoms with Crippen molar-refractivity contribution >= 4 is 34.0 Å². The number of nitrogens with zero attached hydrogens (tertiary/aromatic N) is 3. The van der Waals surface area contributed by atoms with E-state index in [9.17, 15) is 9.59 Å². The number of aromatic nitrogens is 2. The number of pyridine rings is 1. The van der Waals surface area contributed by atoms with Gasteiger partial charge in [0, 0.05) is 36.4 Å². The Morgan fingerprint density at radius 1 is 1.14 bits per heavy atom. The zero-order valence-electron chi connectivity index (χ0n) is 15.0. The molecule has 0 saturated carbocycles. The number of nitrogens with one attached hydrogen (secondary N) is 1. The molecule has 1 saturated heterocycles. The number of rotatable bonds is 6. The monoisotopic (exact) mass is 394 g/mol. The molecule has 0 bridgehead atoms. The Kier molecular flexibility index (Phi) is 5.29. The summed E-state index contributed by atoms with van der Waals surface area (Å²) in [4.78, 5) is 34.1. The van der Waals surface area contributed by atoms with Crippen molar-refractivity contribution in [1.29, 1.82) is 0 Å². The number of benzene rings is 1. The Labute approximate surface area is 166 Å². The van der Waals surface area contributed by atoms with E-state index in [1.807, 2.05) is 5.38 Å². The third-order valence-corrected chi connectivity index (χ3v) is 5.12. The summed E-state index contributed by atoms with van der Waals surface area (Å²) in [6, 6.07) is 10.7. The highest BCUT2D eigenvalue weighted by Crippen LogP contribution is 2.26. The third-order valence-electron chi connectivity index (χ3n) is 4.21. The number of carbonyl (C=O) groups is 2. The van der Waals surface area contributed by atoms with Crippen LogP contribution in [0, 0.1) is 0 Å². The second kappa shape index (κ2) is 8.18. The highest BCUT2D eigenvalue weighted by atomic mass is 32.1. The van der Waals surface area contributed by atoms with Gasteiger partial charge in [-0.25, -0.2) is 4.98 Å². The highest BCUT2D eigenvalue weighted by molar-refractivity contribution is 7.14. The molecule has 8 heteroatoms. The van der Waals surface area contributed by atoms with Crippen LogP contribution in [-0.4, -0.2) is 28.3 Å². The van der Waals surface area contributed by atoms with Crippen molar-refractivity contribution in [2.24, 2.45) is 0 Å². The van der Waals surface area contributed by atoms with Gasteiger partial charge < -0.3 is 10.1 Å². The van der Waals surface area contributed by atoms with E-state index in [-0.39, 0.29) is 18.2 Å². The van der Waals surface area contributed by atoms with Gasteiger partial charge in [0.25, 0.3) is 0 Å². The summed E-state index contributed by atoms with van der Waals surface area (Å²) in [5.74, 6) is 1.30. The zero-order chi connectivity index (χ0) is 19.3. The summed E-state index contributed by atoms with van der Waals surface area (Å²) in [7, 11) is 0. The first kappa shape index (κ1) is 18.1. The highest BCUT2D eigenvalue weighted by Gasteiger charge is 2.24. The van der Waals surface area contributed by atoms with Crippen molar-refractivity contribution in [2.75, 3.05) is 16.8 Å². The van der Waals surface area contributed by atoms with Crippen molar-refractivity contribution in [3.63, 3.8) is 0 Å². The molecule has 142 valence electrons. The second-order valence-electron chi connectivity index (χ2n) is 6.30. The number of anilines is 2. The Hall–Kier alpha value is -3.26. The molecule has 0 radical (unpaired) electrons. The molecular formula is C20H18N4O3S. The number of amides is 2. The third kappa shape index (κ3) is 4.34. The lowest BCUT2D eigenvalue weighted by Gasteiger charge is -2.10. The number of hydrogen-bond donors (Lipinski definition) is 1. The topological polar surface area (TPSA) is 84.4 Å². The molecule has 7 nitrogen and oxygen atoms in total. The molecule has 3 heterocycles. The largest absolute Gasteiger partial charge is 0.457 e. The first-order valence-corrected chi connectivity index (χ1v) is 9.78. The van der Waals surface area contributed by atoms with Crippen LogP contribution in [0.4, 0.5) is 10.8 Å². The van der Waals surface area contributed by atoms with E-state index < -0.39 is 0 Å². The lowest BCUT2D eigenvalue weighted by molar-refractivity contribution is -0.117. The molecule has 28 heavy (non-hydrogen) atoms. The van der Waals surface area contributed by atoms with Crippen molar-refractivity contribution in [3.05, 3.63) is 59.9 Å². The molecule has 0 aliphatic carbocycles. The molecule has 0 atom stereocenters. The van der Waals surface area contributed by atoms with Gasteiger partial charge in [-0.05, 0) is 42.8 Å². The Morgan fingerprint density at radius 2 is 1.89 bits per heavy atom. The van der Waals surface area contributed by atoms with E-state index >= 15 is 0 Å². The standard InChI is InChI=1S/C20H18N4O3S/c25-18(12-15-13-28-20(23-15)24-11-1-2-19(24)26)22-14-3-5-16(6-4-14)27-17-7-9-21-10-8-17/h3-10,13H,1-2,11-12H2,(H,22,25). The van der Waals surface area contributed by atoms with Crippen molar-refractivity contribution in [1.82, 2.24) is 9.97 Å². The van der Waals surface area contributed by atoms with Crippen LogP contribution in [0.15, 0.2) is 54.2 Å². The molecule has 4 rings (SSSR count). The number of carbonyl (C=O) groups excluding carboxylic acids is 2. The molecule has 3 aromatic rings. The Bertz CT molecular complexity index is 973. The lowest BCUT2D eigenvalue weighted by Crippen LogP contribution is -2.23. The molecule has 1 aliphatic heterocycles. The quantitative estimate of drug-likeness (QED) is 0.690. The maximum atomic E-state index is 12.3. The first-order valence-electron chi connectivity index (χ1n) is 8.90. The normalized spacial score (nSPS) is 13.6. The minimum atomic E-state index is -0.160. The van der Waals surface area contributed by atoms with Gasteiger partial charge in [0.15, 0.2) is 5.13 Å². The summed E-state index contributed by atoms with van der Waals surface area (Å²) in [5.41, 5.74) is 1.34. The maximum Gasteiger partial charge on any atom is 0.230 e. The van der Waals surface area contributed by atoms with E-state index in [0.29, 0.717) is 41.0 Å². The lowest BCUT2D eigenvalue weighted by atomic mass is 10.2. The van der Waals surface area contributed by atoms with Gasteiger partial charge in [-0.2, -0.15) is 0 Å². The summed E-state index contributed by atoms with van der Waals surface area (Å²) >= 11 is 1.39. The van der Waals surface area contributed by atoms with Crippen molar-refractivity contribution < 1.29 is 14.3 Å². The number of ether oxygens (including phenoxy) is 1. The molecule has 1 fully saturated rings. The van der Waals surface area contributed by atoms with Crippen molar-refractivity contribution in [3.8, 4) is 11.5 Å². The molecule has 1 N–H and O–H groups in total. The van der Waals surface area contributed by atoms with Gasteiger partial charge in [-0.15, -0.1) is 11.3 Å².